The van der Waals surface area contributed by atoms with E-state index in [1.807, 2.05) is 44.2 Å². The number of benzene rings is 3. The van der Waals surface area contributed by atoms with Crippen LogP contribution >= 0.6 is 45.8 Å². The van der Waals surface area contributed by atoms with E-state index in [-0.39, 0.29) is 27.0 Å². The first kappa shape index (κ1) is 28.2. The fourth-order valence-electron chi connectivity index (χ4n) is 3.28. The van der Waals surface area contributed by atoms with Gasteiger partial charge in [-0.05, 0) is 71.3 Å². The summed E-state index contributed by atoms with van der Waals surface area (Å²) in [6, 6.07) is 15.3. The van der Waals surface area contributed by atoms with Crippen LogP contribution in [0.1, 0.15) is 23.6 Å². The Bertz CT molecular complexity index is 1410. The van der Waals surface area contributed by atoms with Crippen LogP contribution in [-0.2, 0) is 11.4 Å². The summed E-state index contributed by atoms with van der Waals surface area (Å²) in [5.41, 5.74) is 2.07. The predicted molar refractivity (Wildman–Crippen MR) is 151 cm³/mol. The molecule has 3 aromatic carbocycles. The Kier molecular flexibility index (Phi) is 9.74. The van der Waals surface area contributed by atoms with E-state index in [1.54, 1.807) is 12.1 Å². The van der Waals surface area contributed by atoms with Crippen molar-refractivity contribution < 1.29 is 19.2 Å². The van der Waals surface area contributed by atoms with Crippen molar-refractivity contribution in [3.8, 4) is 17.6 Å². The summed E-state index contributed by atoms with van der Waals surface area (Å²) in [5.74, 6) is 0.233. The van der Waals surface area contributed by atoms with Gasteiger partial charge in [-0.15, -0.1) is 0 Å². The summed E-state index contributed by atoms with van der Waals surface area (Å²) >= 11 is 14.2. The molecule has 8 nitrogen and oxygen atoms in total. The van der Waals surface area contributed by atoms with Crippen molar-refractivity contribution in [2.75, 3.05) is 11.9 Å². The third-order valence-corrected chi connectivity index (χ3v) is 6.51. The molecule has 0 aromatic heterocycles. The molecule has 0 saturated carbocycles. The summed E-state index contributed by atoms with van der Waals surface area (Å²) in [6.45, 7) is 4.58. The normalized spacial score (nSPS) is 11.0. The van der Waals surface area contributed by atoms with Crippen molar-refractivity contribution in [3.63, 3.8) is 0 Å². The van der Waals surface area contributed by atoms with Gasteiger partial charge < -0.3 is 14.8 Å². The SMILES string of the molecule is CCOc1cc(/C=C(\C#N)C(=O)Nc2c(Cl)cc([N+](=O)[O-])cc2Cl)cc(I)c1OCc1ccccc1C. The first-order chi connectivity index (χ1) is 17.6. The van der Waals surface area contributed by atoms with E-state index in [9.17, 15) is 20.2 Å². The maximum Gasteiger partial charge on any atom is 0.272 e. The van der Waals surface area contributed by atoms with Crippen molar-refractivity contribution in [2.45, 2.75) is 20.5 Å². The number of nitriles is 1. The number of anilines is 1. The van der Waals surface area contributed by atoms with Crippen LogP contribution in [0.3, 0.4) is 0 Å². The number of amides is 1. The van der Waals surface area contributed by atoms with Crippen molar-refractivity contribution in [1.82, 2.24) is 0 Å². The number of carbonyl (C=O) groups excluding carboxylic acids is 1. The van der Waals surface area contributed by atoms with Gasteiger partial charge in [-0.1, -0.05) is 47.5 Å². The number of aryl methyl sites for hydroxylation is 1. The fraction of sp³-hybridized carbons (Fsp3) is 0.154. The van der Waals surface area contributed by atoms with Crippen LogP contribution in [0, 0.1) is 31.9 Å². The monoisotopic (exact) mass is 651 g/mol. The van der Waals surface area contributed by atoms with Crippen molar-refractivity contribution >= 4 is 69.2 Å². The van der Waals surface area contributed by atoms with E-state index in [4.69, 9.17) is 32.7 Å². The van der Waals surface area contributed by atoms with E-state index in [0.29, 0.717) is 30.3 Å². The third kappa shape index (κ3) is 7.13. The lowest BCUT2D eigenvalue weighted by molar-refractivity contribution is -0.384. The van der Waals surface area contributed by atoms with Crippen LogP contribution in [0.2, 0.25) is 10.0 Å². The van der Waals surface area contributed by atoms with Gasteiger partial charge in [-0.3, -0.25) is 14.9 Å². The van der Waals surface area contributed by atoms with Gasteiger partial charge >= 0.3 is 0 Å². The molecule has 3 aromatic rings. The number of nitrogens with zero attached hydrogens (tertiary/aromatic N) is 2. The van der Waals surface area contributed by atoms with Gasteiger partial charge in [0.2, 0.25) is 0 Å². The highest BCUT2D eigenvalue weighted by Gasteiger charge is 2.19. The summed E-state index contributed by atoms with van der Waals surface area (Å²) in [4.78, 5) is 23.1. The van der Waals surface area contributed by atoms with Crippen LogP contribution in [0.25, 0.3) is 6.08 Å². The molecule has 0 fully saturated rings. The number of hydrogen-bond donors (Lipinski definition) is 1. The number of nitro groups is 1. The van der Waals surface area contributed by atoms with Gasteiger partial charge in [0.25, 0.3) is 11.6 Å². The second-order valence-corrected chi connectivity index (χ2v) is 9.62. The van der Waals surface area contributed by atoms with Gasteiger partial charge in [0, 0.05) is 12.1 Å². The number of non-ortho nitro benzene ring substituents is 1. The molecular formula is C26H20Cl2IN3O5. The molecule has 0 heterocycles. The molecule has 0 atom stereocenters. The third-order valence-electron chi connectivity index (χ3n) is 5.12. The molecule has 0 radical (unpaired) electrons. The van der Waals surface area contributed by atoms with Crippen LogP contribution in [0.15, 0.2) is 54.1 Å². The molecule has 190 valence electrons. The summed E-state index contributed by atoms with van der Waals surface area (Å²) in [7, 11) is 0. The highest BCUT2D eigenvalue weighted by molar-refractivity contribution is 14.1. The zero-order valence-corrected chi connectivity index (χ0v) is 23.3. The van der Waals surface area contributed by atoms with Gasteiger partial charge in [0.1, 0.15) is 18.2 Å². The quantitative estimate of drug-likeness (QED) is 0.0851. The Balaban J connectivity index is 1.89. The molecule has 0 aliphatic heterocycles. The first-order valence-corrected chi connectivity index (χ1v) is 12.7. The Morgan fingerprint density at radius 1 is 1.19 bits per heavy atom. The lowest BCUT2D eigenvalue weighted by Crippen LogP contribution is -2.14. The molecule has 0 aliphatic carbocycles. The van der Waals surface area contributed by atoms with Crippen LogP contribution in [0.4, 0.5) is 11.4 Å². The van der Waals surface area contributed by atoms with Crippen molar-refractivity contribution in [1.29, 1.82) is 5.26 Å². The molecule has 0 aliphatic rings. The average Bonchev–Trinajstić information content (AvgIpc) is 2.85. The zero-order chi connectivity index (χ0) is 27.1. The predicted octanol–water partition coefficient (Wildman–Crippen LogP) is 7.34. The van der Waals surface area contributed by atoms with Gasteiger partial charge in [-0.25, -0.2) is 0 Å². The number of rotatable bonds is 9. The molecule has 1 amide bonds. The molecule has 0 bridgehead atoms. The summed E-state index contributed by atoms with van der Waals surface area (Å²) in [6.07, 6.45) is 1.39. The van der Waals surface area contributed by atoms with Gasteiger partial charge in [-0.2, -0.15) is 5.26 Å². The molecule has 1 N–H and O–H groups in total. The number of ether oxygens (including phenoxy) is 2. The number of halogens is 3. The van der Waals surface area contributed by atoms with E-state index < -0.39 is 10.8 Å². The van der Waals surface area contributed by atoms with Gasteiger partial charge in [0.15, 0.2) is 11.5 Å². The standard InChI is InChI=1S/C26H20Cl2IN3O5/c1-3-36-23-10-16(9-22(29)25(23)37-14-17-7-5-4-6-15(17)2)8-18(13-30)26(33)31-24-20(27)11-19(32(34)35)12-21(24)28/h4-12H,3,14H2,1-2H3,(H,31,33)/b18-8+. The minimum Gasteiger partial charge on any atom is -0.490 e. The maximum atomic E-state index is 12.8. The number of hydrogen-bond acceptors (Lipinski definition) is 6. The Hall–Kier alpha value is -3.33. The molecule has 0 unspecified atom stereocenters. The second-order valence-electron chi connectivity index (χ2n) is 7.64. The molecular weight excluding hydrogens is 632 g/mol. The topological polar surface area (TPSA) is 114 Å². The molecule has 37 heavy (non-hydrogen) atoms. The number of nitro benzene ring substituents is 1. The lowest BCUT2D eigenvalue weighted by Gasteiger charge is -2.16. The minimum atomic E-state index is -0.784. The van der Waals surface area contributed by atoms with E-state index in [2.05, 4.69) is 27.9 Å². The lowest BCUT2D eigenvalue weighted by atomic mass is 10.1. The highest BCUT2D eigenvalue weighted by Crippen LogP contribution is 2.37. The summed E-state index contributed by atoms with van der Waals surface area (Å²) in [5, 5.41) is 22.8. The van der Waals surface area contributed by atoms with Crippen LogP contribution in [-0.4, -0.2) is 17.4 Å². The largest absolute Gasteiger partial charge is 0.490 e. The van der Waals surface area contributed by atoms with E-state index in [0.717, 1.165) is 26.8 Å². The maximum absolute atomic E-state index is 12.8. The van der Waals surface area contributed by atoms with E-state index >= 15 is 0 Å². The van der Waals surface area contributed by atoms with E-state index in [1.165, 1.54) is 6.08 Å². The van der Waals surface area contributed by atoms with Crippen LogP contribution < -0.4 is 14.8 Å². The first-order valence-electron chi connectivity index (χ1n) is 10.8. The number of nitrogens with one attached hydrogen (secondary N) is 1. The molecule has 11 heteroatoms. The Morgan fingerprint density at radius 3 is 2.46 bits per heavy atom. The Morgan fingerprint density at radius 2 is 1.86 bits per heavy atom. The molecule has 3 rings (SSSR count). The van der Waals surface area contributed by atoms with Gasteiger partial charge in [0.05, 0.1) is 30.8 Å². The zero-order valence-electron chi connectivity index (χ0n) is 19.7. The summed E-state index contributed by atoms with van der Waals surface area (Å²) < 4.78 is 12.6. The smallest absolute Gasteiger partial charge is 0.272 e. The highest BCUT2D eigenvalue weighted by atomic mass is 127. The molecule has 0 spiro atoms. The second kappa shape index (κ2) is 12.8. The average molecular weight is 652 g/mol. The van der Waals surface area contributed by atoms with Crippen molar-refractivity contribution in [2.24, 2.45) is 0 Å². The van der Waals surface area contributed by atoms with Crippen LogP contribution in [0.5, 0.6) is 11.5 Å². The molecule has 0 saturated heterocycles. The Labute approximate surface area is 237 Å². The van der Waals surface area contributed by atoms with Crippen molar-refractivity contribution in [3.05, 3.63) is 94.5 Å². The minimum absolute atomic E-state index is 0.0374. The fourth-order valence-corrected chi connectivity index (χ4v) is 4.63. The number of carbonyl (C=O) groups is 1.